The van der Waals surface area contributed by atoms with Crippen molar-refractivity contribution in [3.05, 3.63) is 111 Å². The molecule has 35 heavy (non-hydrogen) atoms. The molecule has 3 aromatic carbocycles. The van der Waals surface area contributed by atoms with Crippen LogP contribution >= 0.6 is 0 Å². The summed E-state index contributed by atoms with van der Waals surface area (Å²) >= 11 is 0. The van der Waals surface area contributed by atoms with E-state index in [-0.39, 0.29) is 17.2 Å². The first kappa shape index (κ1) is 23.7. The lowest BCUT2D eigenvalue weighted by Gasteiger charge is -2.35. The van der Waals surface area contributed by atoms with E-state index < -0.39 is 27.8 Å². The number of amides is 1. The number of nitro groups is 1. The highest BCUT2D eigenvalue weighted by Crippen LogP contribution is 2.43. The fourth-order valence-corrected chi connectivity index (χ4v) is 4.02. The second-order valence-corrected chi connectivity index (χ2v) is 9.10. The second kappa shape index (κ2) is 9.42. The SMILES string of the molecule is CC(C)(C)NC(=O)C(c1ccccc1)N(c1ccccc1)c1c([N+](=O)[O-])c(=O)oc2ccccc12. The number of hydrogen-bond acceptors (Lipinski definition) is 6. The van der Waals surface area contributed by atoms with E-state index in [0.29, 0.717) is 16.6 Å². The number of nitrogens with one attached hydrogen (secondary N) is 1. The average molecular weight is 472 g/mol. The van der Waals surface area contributed by atoms with Crippen molar-refractivity contribution in [3.8, 4) is 0 Å². The molecule has 0 aliphatic rings. The van der Waals surface area contributed by atoms with Crippen LogP contribution in [0.4, 0.5) is 17.1 Å². The Balaban J connectivity index is 2.12. The molecule has 0 radical (unpaired) electrons. The fraction of sp³-hybridized carbons (Fsp3) is 0.185. The summed E-state index contributed by atoms with van der Waals surface area (Å²) in [6.45, 7) is 5.57. The van der Waals surface area contributed by atoms with Gasteiger partial charge < -0.3 is 14.6 Å². The van der Waals surface area contributed by atoms with Crippen molar-refractivity contribution in [2.45, 2.75) is 32.4 Å². The Kier molecular flexibility index (Phi) is 6.38. The highest BCUT2D eigenvalue weighted by molar-refractivity contribution is 6.01. The molecule has 0 aliphatic heterocycles. The Morgan fingerprint density at radius 3 is 2.11 bits per heavy atom. The maximum absolute atomic E-state index is 13.8. The van der Waals surface area contributed by atoms with Crippen LogP contribution in [0.2, 0.25) is 0 Å². The van der Waals surface area contributed by atoms with Crippen LogP contribution in [0.25, 0.3) is 11.0 Å². The number of hydrogen-bond donors (Lipinski definition) is 1. The molecule has 1 unspecified atom stereocenters. The monoisotopic (exact) mass is 471 g/mol. The third kappa shape index (κ3) is 4.91. The summed E-state index contributed by atoms with van der Waals surface area (Å²) in [6, 6.07) is 23.4. The number of para-hydroxylation sites is 2. The van der Waals surface area contributed by atoms with E-state index in [1.807, 2.05) is 26.8 Å². The minimum Gasteiger partial charge on any atom is -0.418 e. The minimum atomic E-state index is -1.09. The predicted octanol–water partition coefficient (Wildman–Crippen LogP) is 5.50. The van der Waals surface area contributed by atoms with Crippen molar-refractivity contribution in [2.24, 2.45) is 0 Å². The zero-order valence-electron chi connectivity index (χ0n) is 19.6. The van der Waals surface area contributed by atoms with Crippen LogP contribution in [-0.4, -0.2) is 16.4 Å². The van der Waals surface area contributed by atoms with Gasteiger partial charge in [0, 0.05) is 16.6 Å². The largest absolute Gasteiger partial charge is 0.418 e. The molecule has 0 saturated carbocycles. The number of rotatable bonds is 6. The van der Waals surface area contributed by atoms with Gasteiger partial charge >= 0.3 is 11.3 Å². The van der Waals surface area contributed by atoms with E-state index >= 15 is 0 Å². The van der Waals surface area contributed by atoms with Gasteiger partial charge in [0.1, 0.15) is 17.3 Å². The van der Waals surface area contributed by atoms with Crippen LogP contribution in [0.15, 0.2) is 94.1 Å². The molecule has 0 aliphatic carbocycles. The van der Waals surface area contributed by atoms with Gasteiger partial charge in [-0.2, -0.15) is 0 Å². The second-order valence-electron chi connectivity index (χ2n) is 9.10. The number of benzene rings is 3. The summed E-state index contributed by atoms with van der Waals surface area (Å²) in [6.07, 6.45) is 0. The summed E-state index contributed by atoms with van der Waals surface area (Å²) in [4.78, 5) is 39.7. The van der Waals surface area contributed by atoms with Gasteiger partial charge in [0.2, 0.25) is 5.91 Å². The Morgan fingerprint density at radius 1 is 0.943 bits per heavy atom. The maximum atomic E-state index is 13.8. The minimum absolute atomic E-state index is 0.00837. The molecule has 178 valence electrons. The summed E-state index contributed by atoms with van der Waals surface area (Å²) in [5.41, 5.74) is -1.12. The molecule has 1 aromatic heterocycles. The molecule has 1 N–H and O–H groups in total. The van der Waals surface area contributed by atoms with Gasteiger partial charge in [-0.15, -0.1) is 0 Å². The normalized spacial score (nSPS) is 12.2. The first-order valence-electron chi connectivity index (χ1n) is 11.1. The Hall–Kier alpha value is -4.46. The van der Waals surface area contributed by atoms with Crippen LogP contribution in [-0.2, 0) is 4.79 Å². The topological polar surface area (TPSA) is 106 Å². The molecule has 8 heteroatoms. The predicted molar refractivity (Wildman–Crippen MR) is 135 cm³/mol. The highest BCUT2D eigenvalue weighted by atomic mass is 16.6. The number of fused-ring (bicyclic) bond motifs is 1. The van der Waals surface area contributed by atoms with Gasteiger partial charge in [-0.1, -0.05) is 60.7 Å². The summed E-state index contributed by atoms with van der Waals surface area (Å²) in [7, 11) is 0. The summed E-state index contributed by atoms with van der Waals surface area (Å²) < 4.78 is 5.28. The lowest BCUT2D eigenvalue weighted by molar-refractivity contribution is -0.386. The zero-order valence-corrected chi connectivity index (χ0v) is 19.6. The van der Waals surface area contributed by atoms with E-state index in [1.165, 1.54) is 0 Å². The maximum Gasteiger partial charge on any atom is 0.417 e. The Morgan fingerprint density at radius 2 is 1.51 bits per heavy atom. The van der Waals surface area contributed by atoms with Crippen molar-refractivity contribution in [1.29, 1.82) is 0 Å². The molecule has 0 spiro atoms. The highest BCUT2D eigenvalue weighted by Gasteiger charge is 2.38. The van der Waals surface area contributed by atoms with Crippen LogP contribution in [0.1, 0.15) is 32.4 Å². The van der Waals surface area contributed by atoms with Gasteiger partial charge in [0.25, 0.3) is 0 Å². The van der Waals surface area contributed by atoms with Gasteiger partial charge in [0.05, 0.1) is 4.92 Å². The first-order valence-corrected chi connectivity index (χ1v) is 11.1. The first-order chi connectivity index (χ1) is 16.7. The number of nitrogens with zero attached hydrogens (tertiary/aromatic N) is 2. The molecule has 1 heterocycles. The number of anilines is 2. The van der Waals surface area contributed by atoms with Crippen molar-refractivity contribution in [1.82, 2.24) is 5.32 Å². The Labute approximate surface area is 202 Å². The van der Waals surface area contributed by atoms with Crippen molar-refractivity contribution in [3.63, 3.8) is 0 Å². The van der Waals surface area contributed by atoms with Gasteiger partial charge in [-0.05, 0) is 50.6 Å². The molecule has 4 aromatic rings. The van der Waals surface area contributed by atoms with Crippen molar-refractivity contribution < 1.29 is 14.1 Å². The van der Waals surface area contributed by atoms with Crippen LogP contribution in [0.3, 0.4) is 0 Å². The summed E-state index contributed by atoms with van der Waals surface area (Å²) in [5.74, 6) is -0.376. The average Bonchev–Trinajstić information content (AvgIpc) is 2.81. The van der Waals surface area contributed by atoms with E-state index in [9.17, 15) is 19.7 Å². The summed E-state index contributed by atoms with van der Waals surface area (Å²) in [5, 5.41) is 15.5. The molecular weight excluding hydrogens is 446 g/mol. The fourth-order valence-electron chi connectivity index (χ4n) is 4.02. The van der Waals surface area contributed by atoms with Gasteiger partial charge in [-0.3, -0.25) is 14.9 Å². The molecular formula is C27H25N3O5. The van der Waals surface area contributed by atoms with Crippen LogP contribution in [0.5, 0.6) is 0 Å². The molecule has 8 nitrogen and oxygen atoms in total. The molecule has 0 bridgehead atoms. The molecule has 0 fully saturated rings. The van der Waals surface area contributed by atoms with Crippen molar-refractivity contribution >= 4 is 33.9 Å². The molecule has 4 rings (SSSR count). The lowest BCUT2D eigenvalue weighted by Crippen LogP contribution is -2.47. The van der Waals surface area contributed by atoms with Crippen LogP contribution in [0, 0.1) is 10.1 Å². The van der Waals surface area contributed by atoms with E-state index in [2.05, 4.69) is 5.32 Å². The quantitative estimate of drug-likeness (QED) is 0.226. The van der Waals surface area contributed by atoms with Gasteiger partial charge in [-0.25, -0.2) is 4.79 Å². The zero-order chi connectivity index (χ0) is 25.2. The van der Waals surface area contributed by atoms with Crippen LogP contribution < -0.4 is 15.8 Å². The van der Waals surface area contributed by atoms with Crippen molar-refractivity contribution in [2.75, 3.05) is 4.90 Å². The van der Waals surface area contributed by atoms with Gasteiger partial charge in [0.15, 0.2) is 0 Å². The molecule has 1 amide bonds. The van der Waals surface area contributed by atoms with E-state index in [4.69, 9.17) is 4.42 Å². The third-order valence-corrected chi connectivity index (χ3v) is 5.34. The third-order valence-electron chi connectivity index (χ3n) is 5.34. The smallest absolute Gasteiger partial charge is 0.417 e. The number of carbonyl (C=O) groups excluding carboxylic acids is 1. The van der Waals surface area contributed by atoms with E-state index in [0.717, 1.165) is 0 Å². The lowest BCUT2D eigenvalue weighted by atomic mass is 9.99. The standard InChI is InChI=1S/C27H25N3O5/c1-27(2,3)28-25(31)22(18-12-6-4-7-13-18)29(19-14-8-5-9-15-19)23-20-16-10-11-17-21(20)35-26(32)24(23)30(33)34/h4-17,22H,1-3H3,(H,28,31). The number of carbonyl (C=O) groups is 1. The Bertz CT molecular complexity index is 1430. The molecule has 1 atom stereocenters. The molecule has 0 saturated heterocycles. The van der Waals surface area contributed by atoms with E-state index in [1.54, 1.807) is 83.8 Å².